The summed E-state index contributed by atoms with van der Waals surface area (Å²) < 4.78 is 5.65. The lowest BCUT2D eigenvalue weighted by Gasteiger charge is -2.25. The molecule has 0 radical (unpaired) electrons. The lowest BCUT2D eigenvalue weighted by Crippen LogP contribution is -2.44. The first-order valence-corrected chi connectivity index (χ1v) is 6.88. The monoisotopic (exact) mass is 262 g/mol. The number of carbonyl (C=O) groups is 1. The molecule has 1 atom stereocenters. The fourth-order valence-corrected chi connectivity index (χ4v) is 2.37. The molecule has 104 valence electrons. The minimum atomic E-state index is -0.439. The van der Waals surface area contributed by atoms with Crippen LogP contribution in [-0.2, 0) is 4.79 Å². The van der Waals surface area contributed by atoms with Crippen molar-refractivity contribution < 1.29 is 9.53 Å². The number of hydrogen-bond donors (Lipinski definition) is 1. The molecular weight excluding hydrogens is 240 g/mol. The maximum Gasteiger partial charge on any atom is 0.244 e. The molecule has 0 bridgehead atoms. The average Bonchev–Trinajstić information content (AvgIpc) is 2.59. The number of carbonyl (C=O) groups excluding carboxylic acids is 1. The van der Waals surface area contributed by atoms with E-state index in [0.717, 1.165) is 17.9 Å². The molecule has 2 rings (SSSR count). The zero-order valence-electron chi connectivity index (χ0n) is 11.6. The fourth-order valence-electron chi connectivity index (χ4n) is 2.37. The second-order valence-corrected chi connectivity index (χ2v) is 5.40. The quantitative estimate of drug-likeness (QED) is 0.908. The van der Waals surface area contributed by atoms with Crippen molar-refractivity contribution in [1.29, 1.82) is 0 Å². The van der Waals surface area contributed by atoms with Crippen LogP contribution in [0.5, 0.6) is 5.75 Å². The number of anilines is 1. The largest absolute Gasteiger partial charge is 0.491 e. The van der Waals surface area contributed by atoms with Crippen LogP contribution in [0.25, 0.3) is 0 Å². The number of rotatable bonds is 3. The summed E-state index contributed by atoms with van der Waals surface area (Å²) in [5, 5.41) is 0. The van der Waals surface area contributed by atoms with Gasteiger partial charge in [0.25, 0.3) is 0 Å². The molecule has 1 aromatic rings. The van der Waals surface area contributed by atoms with Gasteiger partial charge in [-0.05, 0) is 30.9 Å². The zero-order chi connectivity index (χ0) is 13.8. The summed E-state index contributed by atoms with van der Waals surface area (Å²) in [6.07, 6.45) is 1.53. The molecule has 1 heterocycles. The maximum atomic E-state index is 12.5. The third-order valence-electron chi connectivity index (χ3n) is 3.25. The second-order valence-electron chi connectivity index (χ2n) is 5.40. The molecule has 1 aliphatic rings. The SMILES string of the molecule is CC(C)C[C@H](N)C(=O)N1CCCOc2ccccc21. The Bertz CT molecular complexity index is 446. The Morgan fingerprint density at radius 2 is 2.16 bits per heavy atom. The zero-order valence-corrected chi connectivity index (χ0v) is 11.6. The van der Waals surface area contributed by atoms with Gasteiger partial charge in [-0.3, -0.25) is 4.79 Å². The van der Waals surface area contributed by atoms with E-state index in [2.05, 4.69) is 13.8 Å². The Labute approximate surface area is 114 Å². The third kappa shape index (κ3) is 3.26. The summed E-state index contributed by atoms with van der Waals surface area (Å²) in [6, 6.07) is 7.21. The van der Waals surface area contributed by atoms with Crippen LogP contribution in [0.15, 0.2) is 24.3 Å². The van der Waals surface area contributed by atoms with E-state index in [1.54, 1.807) is 4.90 Å². The lowest BCUT2D eigenvalue weighted by atomic mass is 10.0. The van der Waals surface area contributed by atoms with Crippen LogP contribution < -0.4 is 15.4 Å². The molecule has 0 saturated carbocycles. The summed E-state index contributed by atoms with van der Waals surface area (Å²) in [4.78, 5) is 14.3. The topological polar surface area (TPSA) is 55.6 Å². The van der Waals surface area contributed by atoms with E-state index in [-0.39, 0.29) is 5.91 Å². The van der Waals surface area contributed by atoms with Crippen molar-refractivity contribution in [2.24, 2.45) is 11.7 Å². The van der Waals surface area contributed by atoms with E-state index in [9.17, 15) is 4.79 Å². The molecule has 0 fully saturated rings. The van der Waals surface area contributed by atoms with E-state index < -0.39 is 6.04 Å². The molecule has 1 amide bonds. The van der Waals surface area contributed by atoms with Crippen LogP contribution in [-0.4, -0.2) is 25.1 Å². The van der Waals surface area contributed by atoms with Gasteiger partial charge in [-0.25, -0.2) is 0 Å². The van der Waals surface area contributed by atoms with E-state index in [0.29, 0.717) is 25.5 Å². The highest BCUT2D eigenvalue weighted by Gasteiger charge is 2.26. The number of hydrogen-bond acceptors (Lipinski definition) is 3. The van der Waals surface area contributed by atoms with Gasteiger partial charge in [-0.15, -0.1) is 0 Å². The first-order valence-electron chi connectivity index (χ1n) is 6.88. The Hall–Kier alpha value is -1.55. The van der Waals surface area contributed by atoms with Gasteiger partial charge in [0.15, 0.2) is 0 Å². The number of fused-ring (bicyclic) bond motifs is 1. The van der Waals surface area contributed by atoms with E-state index >= 15 is 0 Å². The van der Waals surface area contributed by atoms with Crippen LogP contribution in [0.4, 0.5) is 5.69 Å². The van der Waals surface area contributed by atoms with Gasteiger partial charge in [0.05, 0.1) is 18.3 Å². The first kappa shape index (κ1) is 13.9. The summed E-state index contributed by atoms with van der Waals surface area (Å²) >= 11 is 0. The third-order valence-corrected chi connectivity index (χ3v) is 3.25. The first-order chi connectivity index (χ1) is 9.09. The van der Waals surface area contributed by atoms with Gasteiger partial charge >= 0.3 is 0 Å². The minimum Gasteiger partial charge on any atom is -0.491 e. The van der Waals surface area contributed by atoms with Gasteiger partial charge < -0.3 is 15.4 Å². The van der Waals surface area contributed by atoms with Crippen molar-refractivity contribution in [3.8, 4) is 5.75 Å². The van der Waals surface area contributed by atoms with Crippen molar-refractivity contribution >= 4 is 11.6 Å². The number of nitrogens with two attached hydrogens (primary N) is 1. The Kier molecular flexibility index (Phi) is 4.43. The van der Waals surface area contributed by atoms with Crippen molar-refractivity contribution in [3.05, 3.63) is 24.3 Å². The van der Waals surface area contributed by atoms with E-state index in [1.807, 2.05) is 24.3 Å². The molecular formula is C15H22N2O2. The normalized spacial score (nSPS) is 16.5. The van der Waals surface area contributed by atoms with Crippen molar-refractivity contribution in [3.63, 3.8) is 0 Å². The molecule has 19 heavy (non-hydrogen) atoms. The van der Waals surface area contributed by atoms with Gasteiger partial charge in [-0.2, -0.15) is 0 Å². The average molecular weight is 262 g/mol. The highest BCUT2D eigenvalue weighted by Crippen LogP contribution is 2.31. The van der Waals surface area contributed by atoms with E-state index in [1.165, 1.54) is 0 Å². The Morgan fingerprint density at radius 3 is 2.89 bits per heavy atom. The molecule has 2 N–H and O–H groups in total. The highest BCUT2D eigenvalue weighted by molar-refractivity contribution is 5.98. The summed E-state index contributed by atoms with van der Waals surface area (Å²) in [5.74, 6) is 1.18. The van der Waals surface area contributed by atoms with Gasteiger partial charge in [-0.1, -0.05) is 26.0 Å². The van der Waals surface area contributed by atoms with Crippen LogP contribution >= 0.6 is 0 Å². The molecule has 1 aliphatic heterocycles. The number of para-hydroxylation sites is 2. The fraction of sp³-hybridized carbons (Fsp3) is 0.533. The van der Waals surface area contributed by atoms with Crippen LogP contribution in [0.2, 0.25) is 0 Å². The predicted octanol–water partition coefficient (Wildman–Crippen LogP) is 2.18. The number of ether oxygens (including phenoxy) is 1. The van der Waals surface area contributed by atoms with Crippen molar-refractivity contribution in [2.45, 2.75) is 32.7 Å². The van der Waals surface area contributed by atoms with Crippen LogP contribution in [0.3, 0.4) is 0 Å². The predicted molar refractivity (Wildman–Crippen MR) is 76.3 cm³/mol. The minimum absolute atomic E-state index is 0.00773. The smallest absolute Gasteiger partial charge is 0.244 e. The van der Waals surface area contributed by atoms with Crippen LogP contribution in [0, 0.1) is 5.92 Å². The number of benzene rings is 1. The van der Waals surface area contributed by atoms with Crippen LogP contribution in [0.1, 0.15) is 26.7 Å². The summed E-state index contributed by atoms with van der Waals surface area (Å²) in [6.45, 7) is 5.46. The summed E-state index contributed by atoms with van der Waals surface area (Å²) in [5.41, 5.74) is 6.86. The molecule has 1 aromatic carbocycles. The molecule has 0 unspecified atom stereocenters. The standard InChI is InChI=1S/C15H22N2O2/c1-11(2)10-12(16)15(18)17-8-5-9-19-14-7-4-3-6-13(14)17/h3-4,6-7,11-12H,5,8-10,16H2,1-2H3/t12-/m0/s1. The molecule has 4 heteroatoms. The van der Waals surface area contributed by atoms with Crippen molar-refractivity contribution in [1.82, 2.24) is 0 Å². The van der Waals surface area contributed by atoms with Crippen molar-refractivity contribution in [2.75, 3.05) is 18.1 Å². The Balaban J connectivity index is 2.21. The van der Waals surface area contributed by atoms with Gasteiger partial charge in [0, 0.05) is 6.54 Å². The molecule has 0 aliphatic carbocycles. The number of nitrogens with zero attached hydrogens (tertiary/aromatic N) is 1. The molecule has 0 saturated heterocycles. The summed E-state index contributed by atoms with van der Waals surface area (Å²) in [7, 11) is 0. The Morgan fingerprint density at radius 1 is 1.42 bits per heavy atom. The molecule has 0 spiro atoms. The maximum absolute atomic E-state index is 12.5. The highest BCUT2D eigenvalue weighted by atomic mass is 16.5. The van der Waals surface area contributed by atoms with Gasteiger partial charge in [0.2, 0.25) is 5.91 Å². The van der Waals surface area contributed by atoms with E-state index in [4.69, 9.17) is 10.5 Å². The molecule has 4 nitrogen and oxygen atoms in total. The molecule has 0 aromatic heterocycles. The second kappa shape index (κ2) is 6.06. The number of amides is 1. The van der Waals surface area contributed by atoms with Gasteiger partial charge in [0.1, 0.15) is 5.75 Å². The lowest BCUT2D eigenvalue weighted by molar-refractivity contribution is -0.120.